The monoisotopic (exact) mass is 330 g/mol. The molecule has 0 spiro atoms. The van der Waals surface area contributed by atoms with Gasteiger partial charge < -0.3 is 23.3 Å². The molecule has 0 saturated carbocycles. The van der Waals surface area contributed by atoms with Crippen LogP contribution in [0.1, 0.15) is 27.7 Å². The van der Waals surface area contributed by atoms with Crippen LogP contribution in [0, 0.1) is 11.8 Å². The predicted octanol–water partition coefficient (Wildman–Crippen LogP) is 1.48. The van der Waals surface area contributed by atoms with Gasteiger partial charge in [-0.15, -0.1) is 0 Å². The van der Waals surface area contributed by atoms with Gasteiger partial charge in [0.15, 0.2) is 0 Å². The second-order valence-electron chi connectivity index (χ2n) is 8.16. The summed E-state index contributed by atoms with van der Waals surface area (Å²) in [5.74, 6) is 1.63. The van der Waals surface area contributed by atoms with Crippen LogP contribution in [-0.4, -0.2) is 64.3 Å². The predicted molar refractivity (Wildman–Crippen MR) is 84.2 cm³/mol. The van der Waals surface area contributed by atoms with Crippen molar-refractivity contribution in [3.63, 3.8) is 0 Å². The second-order valence-corrected chi connectivity index (χ2v) is 9.03. The highest BCUT2D eigenvalue weighted by Crippen LogP contribution is 2.22. The lowest BCUT2D eigenvalue weighted by atomic mass is 10.2. The molecule has 0 aromatic heterocycles. The van der Waals surface area contributed by atoms with E-state index in [2.05, 4.69) is 70.0 Å². The number of rotatable bonds is 4. The Balaban J connectivity index is -0.000000239. The first kappa shape index (κ1) is 25.9. The molecule has 0 fully saturated rings. The van der Waals surface area contributed by atoms with Crippen molar-refractivity contribution in [2.24, 2.45) is 11.8 Å². The van der Waals surface area contributed by atoms with Crippen molar-refractivity contribution in [3.8, 4) is 0 Å². The Morgan fingerprint density at radius 1 is 0.810 bits per heavy atom. The summed E-state index contributed by atoms with van der Waals surface area (Å²) in [6, 6.07) is 0. The molecule has 0 radical (unpaired) electrons. The van der Waals surface area contributed by atoms with Crippen molar-refractivity contribution in [1.82, 2.24) is 0 Å². The first-order chi connectivity index (χ1) is 8.83. The van der Waals surface area contributed by atoms with E-state index >= 15 is 0 Å². The van der Waals surface area contributed by atoms with Crippen LogP contribution in [0.3, 0.4) is 0 Å². The molecule has 0 heterocycles. The average molecular weight is 330 g/mol. The van der Waals surface area contributed by atoms with Crippen LogP contribution in [0.2, 0.25) is 0 Å². The Morgan fingerprint density at radius 2 is 0.952 bits per heavy atom. The molecule has 0 aromatic rings. The number of hydrogen-bond donors (Lipinski definition) is 0. The van der Waals surface area contributed by atoms with E-state index < -0.39 is 7.91 Å². The van der Waals surface area contributed by atoms with Gasteiger partial charge in [0.25, 0.3) is 0 Å². The zero-order chi connectivity index (χ0) is 18.1. The fourth-order valence-corrected chi connectivity index (χ4v) is 2.19. The number of quaternary nitrogens is 2. The standard InChI is InChI=1S/2C7H18N.FH2O3P/c2*1-7(2)6-8(3,4)5;1-5(2,3)4/h2*7H,6H2,1-5H3;(H2,2,3,4)/q2*+1;/p-2. The van der Waals surface area contributed by atoms with Gasteiger partial charge in [-0.3, -0.25) is 0 Å². The Kier molecular flexibility index (Phi) is 13.2. The summed E-state index contributed by atoms with van der Waals surface area (Å²) >= 11 is 0. The maximum absolute atomic E-state index is 10.1. The quantitative estimate of drug-likeness (QED) is 0.579. The molecule has 0 atom stereocenters. The third-order valence-electron chi connectivity index (χ3n) is 1.83. The van der Waals surface area contributed by atoms with E-state index in [1.165, 1.54) is 13.1 Å². The van der Waals surface area contributed by atoms with Crippen molar-refractivity contribution >= 4 is 7.91 Å². The SMILES string of the molecule is CC(C)C[N+](C)(C)C.CC(C)C[N+](C)(C)C.O=P([O-])([O-])F. The van der Waals surface area contributed by atoms with Gasteiger partial charge in [-0.25, -0.2) is 4.20 Å². The molecule has 0 aliphatic heterocycles. The highest BCUT2D eigenvalue weighted by Gasteiger charge is 2.08. The molecule has 0 bridgehead atoms. The molecule has 0 aliphatic rings. The highest BCUT2D eigenvalue weighted by molar-refractivity contribution is 7.42. The maximum Gasteiger partial charge on any atom is 0.110 e. The van der Waals surface area contributed by atoms with Crippen LogP contribution in [0.25, 0.3) is 0 Å². The van der Waals surface area contributed by atoms with Gasteiger partial charge in [-0.05, 0) is 0 Å². The zero-order valence-corrected chi connectivity index (χ0v) is 16.4. The van der Waals surface area contributed by atoms with Crippen LogP contribution < -0.4 is 9.79 Å². The van der Waals surface area contributed by atoms with E-state index in [1.807, 2.05) is 0 Å². The van der Waals surface area contributed by atoms with E-state index in [1.54, 1.807) is 0 Å². The molecule has 0 aromatic carbocycles. The third-order valence-corrected chi connectivity index (χ3v) is 1.83. The third kappa shape index (κ3) is 64.8. The fraction of sp³-hybridized carbons (Fsp3) is 1.00. The second kappa shape index (κ2) is 10.7. The molecule has 7 heteroatoms. The van der Waals surface area contributed by atoms with Gasteiger partial charge in [0, 0.05) is 11.8 Å². The number of hydrogen-bond acceptors (Lipinski definition) is 3. The van der Waals surface area contributed by atoms with Crippen LogP contribution >= 0.6 is 7.91 Å². The van der Waals surface area contributed by atoms with Crippen LogP contribution in [0.5, 0.6) is 0 Å². The summed E-state index contributed by atoms with van der Waals surface area (Å²) in [6.07, 6.45) is 0. The summed E-state index contributed by atoms with van der Waals surface area (Å²) in [5.41, 5.74) is 0. The maximum atomic E-state index is 10.1. The van der Waals surface area contributed by atoms with Crippen molar-refractivity contribution in [1.29, 1.82) is 0 Å². The molecule has 21 heavy (non-hydrogen) atoms. The summed E-state index contributed by atoms with van der Waals surface area (Å²) in [5, 5.41) is 0. The van der Waals surface area contributed by atoms with Crippen molar-refractivity contribution in [2.45, 2.75) is 27.7 Å². The molecule has 0 rings (SSSR count). The topological polar surface area (TPSA) is 63.2 Å². The van der Waals surface area contributed by atoms with Crippen LogP contribution in [0.4, 0.5) is 4.20 Å². The van der Waals surface area contributed by atoms with Crippen molar-refractivity contribution in [2.75, 3.05) is 55.4 Å². The van der Waals surface area contributed by atoms with Crippen molar-refractivity contribution in [3.05, 3.63) is 0 Å². The molecule has 0 N–H and O–H groups in total. The first-order valence-electron chi connectivity index (χ1n) is 7.16. The van der Waals surface area contributed by atoms with E-state index in [0.717, 1.165) is 20.8 Å². The number of nitrogens with zero attached hydrogens (tertiary/aromatic N) is 2. The van der Waals surface area contributed by atoms with Gasteiger partial charge >= 0.3 is 0 Å². The fourth-order valence-electron chi connectivity index (χ4n) is 2.19. The largest absolute Gasteiger partial charge is 0.786 e. The van der Waals surface area contributed by atoms with Gasteiger partial charge in [0.05, 0.1) is 55.4 Å². The molecule has 132 valence electrons. The smallest absolute Gasteiger partial charge is 0.110 e. The summed E-state index contributed by atoms with van der Waals surface area (Å²) in [4.78, 5) is 16.9. The summed E-state index contributed by atoms with van der Waals surface area (Å²) in [6.45, 7) is 11.5. The van der Waals surface area contributed by atoms with E-state index in [4.69, 9.17) is 14.4 Å². The first-order valence-corrected chi connectivity index (χ1v) is 8.59. The molecule has 0 unspecified atom stereocenters. The lowest BCUT2D eigenvalue weighted by molar-refractivity contribution is -0.873. The lowest BCUT2D eigenvalue weighted by Crippen LogP contribution is -2.37. The molecule has 0 saturated heterocycles. The molecular weight excluding hydrogens is 294 g/mol. The van der Waals surface area contributed by atoms with E-state index in [0.29, 0.717) is 0 Å². The van der Waals surface area contributed by atoms with Crippen LogP contribution in [-0.2, 0) is 4.57 Å². The zero-order valence-electron chi connectivity index (χ0n) is 15.5. The van der Waals surface area contributed by atoms with Gasteiger partial charge in [-0.2, -0.15) is 0 Å². The minimum atomic E-state index is -5.64. The van der Waals surface area contributed by atoms with E-state index in [9.17, 15) is 4.20 Å². The molecule has 5 nitrogen and oxygen atoms in total. The average Bonchev–Trinajstić information content (AvgIpc) is 1.87. The van der Waals surface area contributed by atoms with Gasteiger partial charge in [0.1, 0.15) is 7.91 Å². The van der Waals surface area contributed by atoms with Crippen LogP contribution in [0.15, 0.2) is 0 Å². The highest BCUT2D eigenvalue weighted by atomic mass is 31.2. The number of halogens is 1. The normalized spacial score (nSPS) is 12.5. The Hall–Kier alpha value is -0.0000000000000000555. The Labute approximate surface area is 131 Å². The minimum absolute atomic E-state index is 0.815. The van der Waals surface area contributed by atoms with Crippen molar-refractivity contribution < 1.29 is 27.5 Å². The molecular formula is C14H36FN2O3P. The van der Waals surface area contributed by atoms with Gasteiger partial charge in [0.2, 0.25) is 0 Å². The van der Waals surface area contributed by atoms with Gasteiger partial charge in [-0.1, -0.05) is 27.7 Å². The minimum Gasteiger partial charge on any atom is -0.786 e. The summed E-state index contributed by atoms with van der Waals surface area (Å²) in [7, 11) is 7.69. The Bertz CT molecular complexity index is 263. The lowest BCUT2D eigenvalue weighted by Gasteiger charge is -2.25. The molecule has 0 amide bonds. The summed E-state index contributed by atoms with van der Waals surface area (Å²) < 4.78 is 20.7. The molecule has 0 aliphatic carbocycles. The van der Waals surface area contributed by atoms with E-state index in [-0.39, 0.29) is 0 Å². The Morgan fingerprint density at radius 3 is 0.952 bits per heavy atom.